The molecule has 0 aliphatic carbocycles. The molecular formula is C35H35Cl2N3O6S2. The number of ether oxygens (including phenoxy) is 3. The summed E-state index contributed by atoms with van der Waals surface area (Å²) >= 11 is 14.9. The number of nitrogens with zero attached hydrogens (tertiary/aromatic N) is 3. The van der Waals surface area contributed by atoms with Crippen molar-refractivity contribution in [1.29, 1.82) is 0 Å². The smallest absolute Gasteiger partial charge is 0.301 e. The van der Waals surface area contributed by atoms with Crippen LogP contribution in [0.3, 0.4) is 0 Å². The number of aromatic nitrogens is 2. The van der Waals surface area contributed by atoms with Crippen molar-refractivity contribution in [1.82, 2.24) is 10.2 Å². The fraction of sp³-hybridized carbons (Fsp3) is 0.314. The number of carbonyl (C=O) groups is 2. The van der Waals surface area contributed by atoms with Crippen LogP contribution in [0.5, 0.6) is 17.2 Å². The van der Waals surface area contributed by atoms with Crippen LogP contribution in [0.2, 0.25) is 10.0 Å². The minimum absolute atomic E-state index is 0.0857. The van der Waals surface area contributed by atoms with Gasteiger partial charge in [-0.05, 0) is 85.8 Å². The van der Waals surface area contributed by atoms with E-state index in [2.05, 4.69) is 24.0 Å². The number of aliphatic hydroxyl groups excluding tert-OH is 1. The first-order chi connectivity index (χ1) is 23.1. The quantitative estimate of drug-likeness (QED) is 0.0447. The van der Waals surface area contributed by atoms with E-state index in [1.54, 1.807) is 54.6 Å². The van der Waals surface area contributed by atoms with Gasteiger partial charge in [0.05, 0.1) is 31.4 Å². The molecule has 5 rings (SSSR count). The number of hydrogen-bond acceptors (Lipinski definition) is 10. The normalized spacial score (nSPS) is 15.7. The van der Waals surface area contributed by atoms with E-state index in [1.807, 2.05) is 19.9 Å². The average Bonchev–Trinajstić information content (AvgIpc) is 3.63. The summed E-state index contributed by atoms with van der Waals surface area (Å²) < 4.78 is 18.1. The van der Waals surface area contributed by atoms with Crippen LogP contribution in [-0.2, 0) is 15.3 Å². The summed E-state index contributed by atoms with van der Waals surface area (Å²) in [5.74, 6) is 0.546. The van der Waals surface area contributed by atoms with Gasteiger partial charge in [-0.15, -0.1) is 10.2 Å². The predicted molar refractivity (Wildman–Crippen MR) is 191 cm³/mol. The number of halogens is 2. The number of carbonyl (C=O) groups excluding carboxylic acids is 2. The number of hydrogen-bond donors (Lipinski definition) is 1. The van der Waals surface area contributed by atoms with E-state index >= 15 is 0 Å². The lowest BCUT2D eigenvalue weighted by molar-refractivity contribution is -0.132. The maximum absolute atomic E-state index is 13.8. The molecule has 1 amide bonds. The zero-order chi connectivity index (χ0) is 34.4. The number of amides is 1. The molecule has 1 aliphatic heterocycles. The van der Waals surface area contributed by atoms with Gasteiger partial charge in [0, 0.05) is 21.4 Å². The van der Waals surface area contributed by atoms with Crippen molar-refractivity contribution in [2.75, 3.05) is 24.7 Å². The highest BCUT2D eigenvalue weighted by Gasteiger charge is 2.48. The molecule has 4 aromatic rings. The maximum Gasteiger partial charge on any atom is 0.301 e. The van der Waals surface area contributed by atoms with Gasteiger partial charge in [0.2, 0.25) is 5.13 Å². The SMILES string of the molecule is CCOc1ccc(C(O)=C2C(=O)C(=O)N(c3nnc(SCc4ccc(Cl)cc4Cl)s3)C2c2ccc(OCCC(C)C)c(OCC)c2)cc1. The average molecular weight is 729 g/mol. The van der Waals surface area contributed by atoms with Crippen LogP contribution in [0.1, 0.15) is 56.8 Å². The summed E-state index contributed by atoms with van der Waals surface area (Å²) in [5.41, 5.74) is 1.65. The fourth-order valence-electron chi connectivity index (χ4n) is 5.00. The van der Waals surface area contributed by atoms with Gasteiger partial charge in [-0.1, -0.05) is 72.3 Å². The van der Waals surface area contributed by atoms with Crippen LogP contribution in [0.15, 0.2) is 70.6 Å². The Bertz CT molecular complexity index is 1810. The number of anilines is 1. The molecule has 13 heteroatoms. The van der Waals surface area contributed by atoms with E-state index in [0.717, 1.165) is 23.3 Å². The lowest BCUT2D eigenvalue weighted by Gasteiger charge is -2.24. The molecule has 1 atom stereocenters. The summed E-state index contributed by atoms with van der Waals surface area (Å²) in [4.78, 5) is 28.8. The molecule has 9 nitrogen and oxygen atoms in total. The standard InChI is InChI=1S/C35H35Cl2N3O6S2/c1-5-44-25-12-8-21(9-13-25)31(41)29-30(22-10-14-27(28(17-22)45-6-2)46-16-15-20(3)4)40(33(43)32(29)42)34-38-39-35(48-34)47-19-23-7-11-24(36)18-26(23)37/h7-14,17-18,20,30,41H,5-6,15-16,19H2,1-4H3. The molecule has 2 heterocycles. The van der Waals surface area contributed by atoms with Gasteiger partial charge in [-0.25, -0.2) is 0 Å². The molecule has 0 saturated carbocycles. The van der Waals surface area contributed by atoms with Crippen molar-refractivity contribution in [3.8, 4) is 17.2 Å². The first-order valence-corrected chi connectivity index (χ1v) is 18.0. The lowest BCUT2D eigenvalue weighted by atomic mass is 9.95. The number of ketones is 1. The number of benzene rings is 3. The van der Waals surface area contributed by atoms with Gasteiger partial charge >= 0.3 is 5.91 Å². The van der Waals surface area contributed by atoms with Crippen LogP contribution in [0.25, 0.3) is 5.76 Å². The topological polar surface area (TPSA) is 111 Å². The largest absolute Gasteiger partial charge is 0.507 e. The molecule has 252 valence electrons. The molecule has 1 fully saturated rings. The first-order valence-electron chi connectivity index (χ1n) is 15.4. The first kappa shape index (κ1) is 35.5. The maximum atomic E-state index is 13.8. The highest BCUT2D eigenvalue weighted by atomic mass is 35.5. The Morgan fingerprint density at radius 1 is 0.958 bits per heavy atom. The van der Waals surface area contributed by atoms with Crippen molar-refractivity contribution < 1.29 is 28.9 Å². The summed E-state index contributed by atoms with van der Waals surface area (Å²) in [6, 6.07) is 16.2. The molecular weight excluding hydrogens is 693 g/mol. The van der Waals surface area contributed by atoms with Gasteiger partial charge in [-0.3, -0.25) is 14.5 Å². The van der Waals surface area contributed by atoms with Crippen LogP contribution in [-0.4, -0.2) is 46.8 Å². The van der Waals surface area contributed by atoms with Crippen molar-refractivity contribution in [2.24, 2.45) is 5.92 Å². The highest BCUT2D eigenvalue weighted by molar-refractivity contribution is 8.00. The van der Waals surface area contributed by atoms with Gasteiger partial charge in [-0.2, -0.15) is 0 Å². The number of Topliss-reactive ketones (excluding diaryl/α,β-unsaturated/α-hetero) is 1. The third-order valence-electron chi connectivity index (χ3n) is 7.39. The summed E-state index contributed by atoms with van der Waals surface area (Å²) in [5, 5.41) is 21.5. The molecule has 0 bridgehead atoms. The van der Waals surface area contributed by atoms with Crippen molar-refractivity contribution in [2.45, 2.75) is 50.3 Å². The van der Waals surface area contributed by atoms with Gasteiger partial charge < -0.3 is 19.3 Å². The molecule has 48 heavy (non-hydrogen) atoms. The molecule has 0 spiro atoms. The molecule has 1 saturated heterocycles. The van der Waals surface area contributed by atoms with Crippen molar-refractivity contribution in [3.63, 3.8) is 0 Å². The van der Waals surface area contributed by atoms with Crippen LogP contribution < -0.4 is 19.1 Å². The second kappa shape index (κ2) is 16.1. The fourth-order valence-corrected chi connectivity index (χ4v) is 7.43. The third-order valence-corrected chi connectivity index (χ3v) is 10.1. The van der Waals surface area contributed by atoms with E-state index in [-0.39, 0.29) is 16.5 Å². The molecule has 0 radical (unpaired) electrons. The van der Waals surface area contributed by atoms with Gasteiger partial charge in [0.25, 0.3) is 5.78 Å². The van der Waals surface area contributed by atoms with E-state index in [9.17, 15) is 14.7 Å². The minimum atomic E-state index is -1.03. The predicted octanol–water partition coefficient (Wildman–Crippen LogP) is 8.99. The molecule has 1 N–H and O–H groups in total. The lowest BCUT2D eigenvalue weighted by Crippen LogP contribution is -2.29. The minimum Gasteiger partial charge on any atom is -0.507 e. The van der Waals surface area contributed by atoms with Crippen LogP contribution in [0.4, 0.5) is 5.13 Å². The summed E-state index contributed by atoms with van der Waals surface area (Å²) in [7, 11) is 0. The van der Waals surface area contributed by atoms with Gasteiger partial charge in [0.15, 0.2) is 15.8 Å². The Morgan fingerprint density at radius 2 is 1.71 bits per heavy atom. The van der Waals surface area contributed by atoms with E-state index in [4.69, 9.17) is 37.4 Å². The zero-order valence-corrected chi connectivity index (χ0v) is 30.0. The highest BCUT2D eigenvalue weighted by Crippen LogP contribution is 2.46. The molecule has 1 aromatic heterocycles. The van der Waals surface area contributed by atoms with E-state index in [1.165, 1.54) is 16.7 Å². The van der Waals surface area contributed by atoms with Crippen molar-refractivity contribution in [3.05, 3.63) is 93.0 Å². The second-order valence-corrected chi connectivity index (χ2v) is 14.2. The Kier molecular flexibility index (Phi) is 11.9. The number of aliphatic hydroxyl groups is 1. The number of thioether (sulfide) groups is 1. The second-order valence-electron chi connectivity index (χ2n) is 11.2. The van der Waals surface area contributed by atoms with Gasteiger partial charge in [0.1, 0.15) is 11.5 Å². The van der Waals surface area contributed by atoms with Crippen LogP contribution >= 0.6 is 46.3 Å². The Labute approximate surface area is 297 Å². The zero-order valence-electron chi connectivity index (χ0n) is 26.9. The monoisotopic (exact) mass is 727 g/mol. The summed E-state index contributed by atoms with van der Waals surface area (Å²) in [6.07, 6.45) is 0.858. The molecule has 3 aromatic carbocycles. The van der Waals surface area contributed by atoms with Crippen molar-refractivity contribution >= 4 is 68.9 Å². The summed E-state index contributed by atoms with van der Waals surface area (Å²) in [6.45, 7) is 9.31. The molecule has 1 unspecified atom stereocenters. The number of rotatable bonds is 14. The Hall–Kier alpha value is -3.77. The van der Waals surface area contributed by atoms with E-state index in [0.29, 0.717) is 74.3 Å². The molecule has 1 aliphatic rings. The van der Waals surface area contributed by atoms with Crippen LogP contribution in [0, 0.1) is 5.92 Å². The Morgan fingerprint density at radius 3 is 2.40 bits per heavy atom. The third kappa shape index (κ3) is 8.08. The van der Waals surface area contributed by atoms with E-state index < -0.39 is 17.7 Å². The Balaban J connectivity index is 1.55.